The lowest BCUT2D eigenvalue weighted by Gasteiger charge is -2.13. The molecule has 2 rings (SSSR count). The van der Waals surface area contributed by atoms with E-state index in [0.29, 0.717) is 11.7 Å². The number of hydrogen-bond acceptors (Lipinski definition) is 2. The van der Waals surface area contributed by atoms with E-state index in [4.69, 9.17) is 5.73 Å². The Bertz CT molecular complexity index is 480. The standard InChI is InChI=1S/C12H16BrN3O2/c1-7(4-11(14)17)15-12(18)10-5-8(13)6-16(10)9-2-3-9/h5-7,9H,2-4H2,1H3,(H2,14,17)(H,15,18). The summed E-state index contributed by atoms with van der Waals surface area (Å²) in [6, 6.07) is 1.98. The molecule has 1 heterocycles. The van der Waals surface area contributed by atoms with Crippen molar-refractivity contribution >= 4 is 27.7 Å². The van der Waals surface area contributed by atoms with Crippen molar-refractivity contribution in [2.75, 3.05) is 0 Å². The number of nitrogens with two attached hydrogens (primary N) is 1. The van der Waals surface area contributed by atoms with Gasteiger partial charge in [-0.2, -0.15) is 0 Å². The molecule has 3 N–H and O–H groups in total. The number of rotatable bonds is 5. The number of carbonyl (C=O) groups excluding carboxylic acids is 2. The van der Waals surface area contributed by atoms with Gasteiger partial charge in [-0.05, 0) is 41.8 Å². The summed E-state index contributed by atoms with van der Waals surface area (Å²) in [5, 5.41) is 2.78. The van der Waals surface area contributed by atoms with Crippen LogP contribution in [-0.4, -0.2) is 22.4 Å². The predicted molar refractivity (Wildman–Crippen MR) is 71.1 cm³/mol. The van der Waals surface area contributed by atoms with Crippen molar-refractivity contribution in [2.45, 2.75) is 38.3 Å². The number of nitrogens with one attached hydrogen (secondary N) is 1. The van der Waals surface area contributed by atoms with Crippen LogP contribution in [0.5, 0.6) is 0 Å². The third kappa shape index (κ3) is 3.13. The lowest BCUT2D eigenvalue weighted by Crippen LogP contribution is -2.36. The molecular weight excluding hydrogens is 298 g/mol. The monoisotopic (exact) mass is 313 g/mol. The van der Waals surface area contributed by atoms with Crippen LogP contribution in [0, 0.1) is 0 Å². The Hall–Kier alpha value is -1.30. The number of primary amides is 1. The zero-order valence-electron chi connectivity index (χ0n) is 10.1. The molecule has 0 bridgehead atoms. The zero-order valence-corrected chi connectivity index (χ0v) is 11.7. The molecular formula is C12H16BrN3O2. The van der Waals surface area contributed by atoms with Crippen LogP contribution in [0.4, 0.5) is 0 Å². The molecule has 1 aromatic heterocycles. The van der Waals surface area contributed by atoms with Crippen LogP contribution in [0.3, 0.4) is 0 Å². The van der Waals surface area contributed by atoms with Crippen molar-refractivity contribution in [1.82, 2.24) is 9.88 Å². The zero-order chi connectivity index (χ0) is 13.3. The molecule has 0 aromatic carbocycles. The average molecular weight is 314 g/mol. The van der Waals surface area contributed by atoms with Crippen molar-refractivity contribution in [3.63, 3.8) is 0 Å². The molecule has 1 fully saturated rings. The van der Waals surface area contributed by atoms with Gasteiger partial charge in [-0.15, -0.1) is 0 Å². The molecule has 1 aliphatic rings. The van der Waals surface area contributed by atoms with Gasteiger partial charge in [-0.3, -0.25) is 9.59 Å². The van der Waals surface area contributed by atoms with E-state index in [2.05, 4.69) is 21.2 Å². The number of hydrogen-bond donors (Lipinski definition) is 2. The number of carbonyl (C=O) groups is 2. The van der Waals surface area contributed by atoms with Gasteiger partial charge in [-0.1, -0.05) is 0 Å². The van der Waals surface area contributed by atoms with Crippen LogP contribution < -0.4 is 11.1 Å². The second kappa shape index (κ2) is 5.14. The number of halogens is 1. The Morgan fingerprint density at radius 3 is 2.83 bits per heavy atom. The third-order valence-corrected chi connectivity index (χ3v) is 3.31. The lowest BCUT2D eigenvalue weighted by molar-refractivity contribution is -0.118. The molecule has 1 aliphatic carbocycles. The van der Waals surface area contributed by atoms with Crippen LogP contribution in [0.25, 0.3) is 0 Å². The number of aromatic nitrogens is 1. The largest absolute Gasteiger partial charge is 0.370 e. The molecule has 5 nitrogen and oxygen atoms in total. The highest BCUT2D eigenvalue weighted by atomic mass is 79.9. The average Bonchev–Trinajstić information content (AvgIpc) is 3.00. The normalized spacial score (nSPS) is 16.3. The second-order valence-electron chi connectivity index (χ2n) is 4.73. The van der Waals surface area contributed by atoms with Gasteiger partial charge in [0, 0.05) is 29.2 Å². The summed E-state index contributed by atoms with van der Waals surface area (Å²) in [6.07, 6.45) is 4.29. The summed E-state index contributed by atoms with van der Waals surface area (Å²) >= 11 is 3.38. The van der Waals surface area contributed by atoms with Crippen LogP contribution in [-0.2, 0) is 4.79 Å². The van der Waals surface area contributed by atoms with Crippen molar-refractivity contribution < 1.29 is 9.59 Å². The summed E-state index contributed by atoms with van der Waals surface area (Å²) in [6.45, 7) is 1.77. The summed E-state index contributed by atoms with van der Waals surface area (Å²) in [5.41, 5.74) is 5.72. The van der Waals surface area contributed by atoms with Crippen molar-refractivity contribution in [3.8, 4) is 0 Å². The first kappa shape index (κ1) is 13.1. The summed E-state index contributed by atoms with van der Waals surface area (Å²) < 4.78 is 2.87. The highest BCUT2D eigenvalue weighted by Crippen LogP contribution is 2.37. The van der Waals surface area contributed by atoms with Crippen molar-refractivity contribution in [3.05, 3.63) is 22.4 Å². The second-order valence-corrected chi connectivity index (χ2v) is 5.64. The number of amides is 2. The van der Waals surface area contributed by atoms with Crippen LogP contribution >= 0.6 is 15.9 Å². The van der Waals surface area contributed by atoms with E-state index < -0.39 is 5.91 Å². The first-order chi connectivity index (χ1) is 8.47. The van der Waals surface area contributed by atoms with E-state index >= 15 is 0 Å². The SMILES string of the molecule is CC(CC(N)=O)NC(=O)c1cc(Br)cn1C1CC1. The van der Waals surface area contributed by atoms with Gasteiger partial charge in [0.25, 0.3) is 5.91 Å². The topological polar surface area (TPSA) is 77.1 Å². The van der Waals surface area contributed by atoms with Gasteiger partial charge in [0.15, 0.2) is 0 Å². The molecule has 0 spiro atoms. The van der Waals surface area contributed by atoms with Gasteiger partial charge in [-0.25, -0.2) is 0 Å². The van der Waals surface area contributed by atoms with Crippen LogP contribution in [0.1, 0.15) is 42.7 Å². The Balaban J connectivity index is 2.06. The maximum absolute atomic E-state index is 12.1. The molecule has 6 heteroatoms. The molecule has 1 unspecified atom stereocenters. The van der Waals surface area contributed by atoms with Gasteiger partial charge in [0.2, 0.25) is 5.91 Å². The Morgan fingerprint density at radius 2 is 2.28 bits per heavy atom. The van der Waals surface area contributed by atoms with E-state index in [0.717, 1.165) is 17.3 Å². The number of nitrogens with zero attached hydrogens (tertiary/aromatic N) is 1. The minimum Gasteiger partial charge on any atom is -0.370 e. The van der Waals surface area contributed by atoms with E-state index in [-0.39, 0.29) is 18.4 Å². The van der Waals surface area contributed by atoms with Crippen molar-refractivity contribution in [2.24, 2.45) is 5.73 Å². The molecule has 98 valence electrons. The summed E-state index contributed by atoms with van der Waals surface area (Å²) in [5.74, 6) is -0.581. The Kier molecular flexibility index (Phi) is 3.75. The molecule has 0 radical (unpaired) electrons. The molecule has 18 heavy (non-hydrogen) atoms. The highest BCUT2D eigenvalue weighted by Gasteiger charge is 2.28. The molecule has 1 aromatic rings. The van der Waals surface area contributed by atoms with Crippen LogP contribution in [0.15, 0.2) is 16.7 Å². The smallest absolute Gasteiger partial charge is 0.268 e. The fraction of sp³-hybridized carbons (Fsp3) is 0.500. The third-order valence-electron chi connectivity index (χ3n) is 2.87. The van der Waals surface area contributed by atoms with Gasteiger partial charge in [0.1, 0.15) is 5.69 Å². The predicted octanol–water partition coefficient (Wildman–Crippen LogP) is 1.58. The van der Waals surface area contributed by atoms with Gasteiger partial charge < -0.3 is 15.6 Å². The fourth-order valence-corrected chi connectivity index (χ4v) is 2.37. The van der Waals surface area contributed by atoms with Gasteiger partial charge in [0.05, 0.1) is 0 Å². The summed E-state index contributed by atoms with van der Waals surface area (Å²) in [4.78, 5) is 22.9. The van der Waals surface area contributed by atoms with Crippen molar-refractivity contribution in [1.29, 1.82) is 0 Å². The van der Waals surface area contributed by atoms with Gasteiger partial charge >= 0.3 is 0 Å². The summed E-state index contributed by atoms with van der Waals surface area (Å²) in [7, 11) is 0. The highest BCUT2D eigenvalue weighted by molar-refractivity contribution is 9.10. The molecule has 2 amide bonds. The first-order valence-corrected chi connectivity index (χ1v) is 6.73. The Morgan fingerprint density at radius 1 is 1.61 bits per heavy atom. The minimum absolute atomic E-state index is 0.150. The first-order valence-electron chi connectivity index (χ1n) is 5.94. The molecule has 1 saturated carbocycles. The maximum atomic E-state index is 12.1. The lowest BCUT2D eigenvalue weighted by atomic mass is 10.2. The van der Waals surface area contributed by atoms with Crippen LogP contribution in [0.2, 0.25) is 0 Å². The van der Waals surface area contributed by atoms with E-state index in [1.807, 2.05) is 10.8 Å². The minimum atomic E-state index is -0.415. The van der Waals surface area contributed by atoms with E-state index in [1.165, 1.54) is 0 Å². The van der Waals surface area contributed by atoms with E-state index in [9.17, 15) is 9.59 Å². The maximum Gasteiger partial charge on any atom is 0.268 e. The van der Waals surface area contributed by atoms with E-state index in [1.54, 1.807) is 13.0 Å². The fourth-order valence-electron chi connectivity index (χ4n) is 1.93. The molecule has 0 aliphatic heterocycles. The quantitative estimate of drug-likeness (QED) is 0.865. The molecule has 1 atom stereocenters. The Labute approximate surface area is 114 Å². The molecule has 0 saturated heterocycles.